The summed E-state index contributed by atoms with van der Waals surface area (Å²) in [7, 11) is 0. The molecule has 0 amide bonds. The van der Waals surface area contributed by atoms with Crippen LogP contribution in [0.25, 0.3) is 9.88 Å². The highest BCUT2D eigenvalue weighted by Crippen LogP contribution is 2.38. The Morgan fingerprint density at radius 2 is 2.29 bits per heavy atom. The second-order valence-corrected chi connectivity index (χ2v) is 7.28. The monoisotopic (exact) mass is 350 g/mol. The van der Waals surface area contributed by atoms with Crippen LogP contribution >= 0.6 is 50.2 Å². The van der Waals surface area contributed by atoms with Crippen molar-refractivity contribution >= 4 is 50.2 Å². The van der Waals surface area contributed by atoms with Gasteiger partial charge < -0.3 is 5.32 Å². The summed E-state index contributed by atoms with van der Waals surface area (Å²) < 4.78 is 1.72. The van der Waals surface area contributed by atoms with Crippen molar-refractivity contribution in [2.24, 2.45) is 0 Å². The Morgan fingerprint density at radius 3 is 2.88 bits per heavy atom. The number of nitrogens with zero attached hydrogens (tertiary/aromatic N) is 1. The molecule has 0 saturated carbocycles. The zero-order valence-corrected chi connectivity index (χ0v) is 13.4. The fourth-order valence-electron chi connectivity index (χ4n) is 1.26. The van der Waals surface area contributed by atoms with Crippen LogP contribution in [0.3, 0.4) is 0 Å². The minimum absolute atomic E-state index is 0.477. The first-order valence-corrected chi connectivity index (χ1v) is 8.06. The molecular formula is C11H12BrClN2S2. The third kappa shape index (κ3) is 3.51. The summed E-state index contributed by atoms with van der Waals surface area (Å²) >= 11 is 12.6. The van der Waals surface area contributed by atoms with E-state index in [0.717, 1.165) is 30.9 Å². The summed E-state index contributed by atoms with van der Waals surface area (Å²) in [5.74, 6) is 0. The van der Waals surface area contributed by atoms with Crippen molar-refractivity contribution < 1.29 is 0 Å². The fourth-order valence-corrected chi connectivity index (χ4v) is 3.85. The molecule has 2 aromatic rings. The lowest BCUT2D eigenvalue weighted by molar-refractivity contribution is 0.583. The Hall–Kier alpha value is 0.0600. The summed E-state index contributed by atoms with van der Waals surface area (Å²) in [4.78, 5) is 5.71. The van der Waals surface area contributed by atoms with Gasteiger partial charge in [-0.25, -0.2) is 4.98 Å². The van der Waals surface area contributed by atoms with Gasteiger partial charge in [0.25, 0.3) is 0 Å². The zero-order valence-electron chi connectivity index (χ0n) is 9.46. The number of thiophene rings is 1. The molecule has 0 aromatic carbocycles. The number of nitrogens with one attached hydrogen (secondary N) is 1. The molecule has 0 saturated heterocycles. The molecule has 0 aliphatic rings. The molecule has 0 aliphatic heterocycles. The molecule has 1 N–H and O–H groups in total. The lowest BCUT2D eigenvalue weighted by Crippen LogP contribution is -2.21. The van der Waals surface area contributed by atoms with E-state index < -0.39 is 0 Å². The van der Waals surface area contributed by atoms with E-state index in [2.05, 4.69) is 45.5 Å². The maximum absolute atomic E-state index is 6.02. The zero-order chi connectivity index (χ0) is 12.4. The van der Waals surface area contributed by atoms with Gasteiger partial charge in [0, 0.05) is 22.4 Å². The smallest absolute Gasteiger partial charge is 0.133 e. The van der Waals surface area contributed by atoms with Crippen LogP contribution in [0.4, 0.5) is 0 Å². The summed E-state index contributed by atoms with van der Waals surface area (Å²) in [6.07, 6.45) is 0. The van der Waals surface area contributed by atoms with E-state index in [1.54, 1.807) is 22.7 Å². The number of rotatable bonds is 4. The molecule has 2 heterocycles. The lowest BCUT2D eigenvalue weighted by Gasteiger charge is -2.04. The number of hydrogen-bond donors (Lipinski definition) is 1. The van der Waals surface area contributed by atoms with Crippen LogP contribution in [0.2, 0.25) is 4.34 Å². The van der Waals surface area contributed by atoms with E-state index in [4.69, 9.17) is 11.6 Å². The molecule has 0 aliphatic carbocycles. The topological polar surface area (TPSA) is 24.9 Å². The SMILES string of the molecule is CC(C)NCc1csc(-c2cc(Br)c(Cl)s2)n1. The quantitative estimate of drug-likeness (QED) is 0.857. The average Bonchev–Trinajstić information content (AvgIpc) is 2.84. The van der Waals surface area contributed by atoms with Gasteiger partial charge in [0.15, 0.2) is 0 Å². The Kier molecular flexibility index (Phi) is 4.60. The van der Waals surface area contributed by atoms with Gasteiger partial charge in [0.2, 0.25) is 0 Å². The highest BCUT2D eigenvalue weighted by atomic mass is 79.9. The molecule has 2 nitrogen and oxygen atoms in total. The molecule has 2 aromatic heterocycles. The molecule has 0 fully saturated rings. The van der Waals surface area contributed by atoms with Crippen LogP contribution in [0, 0.1) is 0 Å². The molecule has 0 unspecified atom stereocenters. The largest absolute Gasteiger partial charge is 0.309 e. The Labute approximate surface area is 122 Å². The van der Waals surface area contributed by atoms with Crippen molar-refractivity contribution in [3.8, 4) is 9.88 Å². The molecular weight excluding hydrogens is 340 g/mol. The number of aromatic nitrogens is 1. The van der Waals surface area contributed by atoms with Crippen molar-refractivity contribution in [2.45, 2.75) is 26.4 Å². The molecule has 0 spiro atoms. The third-order valence-corrected chi connectivity index (χ3v) is 5.63. The molecule has 6 heteroatoms. The van der Waals surface area contributed by atoms with Gasteiger partial charge in [-0.15, -0.1) is 22.7 Å². The first kappa shape index (κ1) is 13.5. The Morgan fingerprint density at radius 1 is 1.53 bits per heavy atom. The number of thiazole rings is 1. The molecule has 2 rings (SSSR count). The van der Waals surface area contributed by atoms with Crippen molar-refractivity contribution in [1.82, 2.24) is 10.3 Å². The van der Waals surface area contributed by atoms with Crippen LogP contribution in [0.1, 0.15) is 19.5 Å². The van der Waals surface area contributed by atoms with Gasteiger partial charge in [-0.05, 0) is 22.0 Å². The average molecular weight is 352 g/mol. The Bertz CT molecular complexity index is 488. The van der Waals surface area contributed by atoms with E-state index >= 15 is 0 Å². The summed E-state index contributed by atoms with van der Waals surface area (Å²) in [5.41, 5.74) is 1.08. The molecule has 92 valence electrons. The Balaban J connectivity index is 2.12. The van der Waals surface area contributed by atoms with E-state index in [1.807, 2.05) is 6.07 Å². The first-order valence-electron chi connectivity index (χ1n) is 5.19. The van der Waals surface area contributed by atoms with Crippen molar-refractivity contribution in [3.05, 3.63) is 25.9 Å². The van der Waals surface area contributed by atoms with Crippen molar-refractivity contribution in [2.75, 3.05) is 0 Å². The summed E-state index contributed by atoms with van der Waals surface area (Å²) in [6.45, 7) is 5.07. The second-order valence-electron chi connectivity index (χ2n) is 3.91. The lowest BCUT2D eigenvalue weighted by atomic mass is 10.3. The van der Waals surface area contributed by atoms with Gasteiger partial charge >= 0.3 is 0 Å². The normalized spacial score (nSPS) is 11.4. The minimum Gasteiger partial charge on any atom is -0.309 e. The maximum atomic E-state index is 6.02. The van der Waals surface area contributed by atoms with Gasteiger partial charge in [-0.3, -0.25) is 0 Å². The third-order valence-electron chi connectivity index (χ3n) is 2.10. The van der Waals surface area contributed by atoms with E-state index in [0.29, 0.717) is 6.04 Å². The minimum atomic E-state index is 0.477. The van der Waals surface area contributed by atoms with Gasteiger partial charge in [0.1, 0.15) is 9.34 Å². The van der Waals surface area contributed by atoms with Crippen LogP contribution in [-0.2, 0) is 6.54 Å². The van der Waals surface area contributed by atoms with Crippen LogP contribution < -0.4 is 5.32 Å². The number of halogens is 2. The standard InChI is InChI=1S/C11H12BrClN2S2/c1-6(2)14-4-7-5-16-11(15-7)9-3-8(12)10(13)17-9/h3,5-6,14H,4H2,1-2H3. The number of hydrogen-bond acceptors (Lipinski definition) is 4. The fraction of sp³-hybridized carbons (Fsp3) is 0.364. The second kappa shape index (κ2) is 5.80. The highest BCUT2D eigenvalue weighted by molar-refractivity contribution is 9.10. The van der Waals surface area contributed by atoms with Gasteiger partial charge in [0.05, 0.1) is 10.6 Å². The van der Waals surface area contributed by atoms with Crippen LogP contribution in [-0.4, -0.2) is 11.0 Å². The van der Waals surface area contributed by atoms with E-state index in [1.165, 1.54) is 0 Å². The predicted molar refractivity (Wildman–Crippen MR) is 80.1 cm³/mol. The van der Waals surface area contributed by atoms with E-state index in [9.17, 15) is 0 Å². The first-order chi connectivity index (χ1) is 8.06. The van der Waals surface area contributed by atoms with Gasteiger partial charge in [-0.2, -0.15) is 0 Å². The summed E-state index contributed by atoms with van der Waals surface area (Å²) in [6, 6.07) is 2.50. The predicted octanol–water partition coefficient (Wildman–Crippen LogP) is 4.79. The van der Waals surface area contributed by atoms with Crippen LogP contribution in [0.15, 0.2) is 15.9 Å². The molecule has 0 radical (unpaired) electrons. The summed E-state index contributed by atoms with van der Waals surface area (Å²) in [5, 5.41) is 6.48. The van der Waals surface area contributed by atoms with Crippen molar-refractivity contribution in [1.29, 1.82) is 0 Å². The van der Waals surface area contributed by atoms with Crippen LogP contribution in [0.5, 0.6) is 0 Å². The highest BCUT2D eigenvalue weighted by Gasteiger charge is 2.10. The van der Waals surface area contributed by atoms with Crippen molar-refractivity contribution in [3.63, 3.8) is 0 Å². The van der Waals surface area contributed by atoms with E-state index in [-0.39, 0.29) is 0 Å². The molecule has 0 bridgehead atoms. The molecule has 17 heavy (non-hydrogen) atoms. The molecule has 0 atom stereocenters. The maximum Gasteiger partial charge on any atom is 0.133 e. The van der Waals surface area contributed by atoms with Gasteiger partial charge in [-0.1, -0.05) is 25.4 Å².